The molecule has 1 amide bonds. The summed E-state index contributed by atoms with van der Waals surface area (Å²) in [5, 5.41) is 6.06. The van der Waals surface area contributed by atoms with Crippen molar-refractivity contribution < 1.29 is 4.79 Å². The quantitative estimate of drug-likeness (QED) is 0.862. The molecular formula is C15H24N4O. The number of amides is 1. The number of anilines is 2. The Hall–Kier alpha value is -1.78. The van der Waals surface area contributed by atoms with Crippen LogP contribution in [-0.2, 0) is 4.79 Å². The lowest BCUT2D eigenvalue weighted by molar-refractivity contribution is -0.128. The van der Waals surface area contributed by atoms with Crippen molar-refractivity contribution in [2.45, 2.75) is 26.7 Å². The first kappa shape index (κ1) is 14.6. The van der Waals surface area contributed by atoms with Crippen LogP contribution in [0.15, 0.2) is 18.2 Å². The van der Waals surface area contributed by atoms with Gasteiger partial charge in [-0.3, -0.25) is 4.79 Å². The van der Waals surface area contributed by atoms with Crippen LogP contribution in [0.3, 0.4) is 0 Å². The van der Waals surface area contributed by atoms with Crippen LogP contribution in [0.4, 0.5) is 11.6 Å². The predicted molar refractivity (Wildman–Crippen MR) is 82.0 cm³/mol. The van der Waals surface area contributed by atoms with E-state index in [-0.39, 0.29) is 11.3 Å². The first-order valence-corrected chi connectivity index (χ1v) is 7.27. The van der Waals surface area contributed by atoms with E-state index in [0.717, 1.165) is 44.1 Å². The van der Waals surface area contributed by atoms with Gasteiger partial charge in [-0.1, -0.05) is 13.0 Å². The molecule has 0 spiro atoms. The maximum Gasteiger partial charge on any atom is 0.227 e. The molecule has 1 aromatic heterocycles. The third kappa shape index (κ3) is 3.03. The highest BCUT2D eigenvalue weighted by Crippen LogP contribution is 2.32. The highest BCUT2D eigenvalue weighted by Gasteiger charge is 2.40. The van der Waals surface area contributed by atoms with Gasteiger partial charge in [-0.2, -0.15) is 0 Å². The van der Waals surface area contributed by atoms with Crippen LogP contribution in [0.2, 0.25) is 0 Å². The summed E-state index contributed by atoms with van der Waals surface area (Å²) in [6, 6.07) is 6.00. The lowest BCUT2D eigenvalue weighted by Crippen LogP contribution is -2.39. The average molecular weight is 276 g/mol. The zero-order valence-electron chi connectivity index (χ0n) is 12.6. The lowest BCUT2D eigenvalue weighted by atomic mass is 9.89. The average Bonchev–Trinajstić information content (AvgIpc) is 2.88. The molecule has 110 valence electrons. The Kier molecular flexibility index (Phi) is 4.47. The molecule has 0 aromatic carbocycles. The van der Waals surface area contributed by atoms with Gasteiger partial charge < -0.3 is 15.5 Å². The van der Waals surface area contributed by atoms with Crippen molar-refractivity contribution in [1.82, 2.24) is 10.3 Å². The molecule has 1 saturated heterocycles. The third-order valence-corrected chi connectivity index (χ3v) is 3.86. The molecule has 0 bridgehead atoms. The molecular weight excluding hydrogens is 252 g/mol. The normalized spacial score (nSPS) is 21.9. The molecule has 0 radical (unpaired) electrons. The smallest absolute Gasteiger partial charge is 0.227 e. The van der Waals surface area contributed by atoms with Gasteiger partial charge >= 0.3 is 0 Å². The molecule has 0 saturated carbocycles. The molecule has 1 aliphatic heterocycles. The molecule has 5 heteroatoms. The summed E-state index contributed by atoms with van der Waals surface area (Å²) in [5.74, 6) is 1.96. The number of hydrogen-bond acceptors (Lipinski definition) is 4. The summed E-state index contributed by atoms with van der Waals surface area (Å²) in [6.07, 6.45) is 1.94. The van der Waals surface area contributed by atoms with E-state index in [1.807, 2.05) is 25.1 Å². The third-order valence-electron chi connectivity index (χ3n) is 3.86. The van der Waals surface area contributed by atoms with Crippen LogP contribution in [0.25, 0.3) is 0 Å². The SMILES string of the molecule is CCCNc1cccc(N2CCC(C)(C(=O)NC)C2)n1. The van der Waals surface area contributed by atoms with Crippen molar-refractivity contribution in [3.05, 3.63) is 18.2 Å². The minimum Gasteiger partial charge on any atom is -0.370 e. The maximum atomic E-state index is 12.0. The van der Waals surface area contributed by atoms with Crippen molar-refractivity contribution in [1.29, 1.82) is 0 Å². The van der Waals surface area contributed by atoms with Gasteiger partial charge in [0.05, 0.1) is 5.41 Å². The zero-order valence-corrected chi connectivity index (χ0v) is 12.6. The fourth-order valence-electron chi connectivity index (χ4n) is 2.59. The minimum atomic E-state index is -0.316. The number of nitrogens with zero attached hydrogens (tertiary/aromatic N) is 2. The summed E-state index contributed by atoms with van der Waals surface area (Å²) < 4.78 is 0. The Bertz CT molecular complexity index is 477. The first-order valence-electron chi connectivity index (χ1n) is 7.27. The molecule has 1 aromatic rings. The van der Waals surface area contributed by atoms with Gasteiger partial charge in [-0.15, -0.1) is 0 Å². The number of aromatic nitrogens is 1. The molecule has 1 fully saturated rings. The molecule has 20 heavy (non-hydrogen) atoms. The summed E-state index contributed by atoms with van der Waals surface area (Å²) >= 11 is 0. The second kappa shape index (κ2) is 6.11. The van der Waals surface area contributed by atoms with E-state index in [0.29, 0.717) is 0 Å². The van der Waals surface area contributed by atoms with Crippen molar-refractivity contribution in [2.75, 3.05) is 36.9 Å². The van der Waals surface area contributed by atoms with Crippen molar-refractivity contribution in [3.63, 3.8) is 0 Å². The van der Waals surface area contributed by atoms with Gasteiger partial charge in [0.1, 0.15) is 11.6 Å². The Morgan fingerprint density at radius 2 is 2.30 bits per heavy atom. The summed E-state index contributed by atoms with van der Waals surface area (Å²) in [6.45, 7) is 6.66. The van der Waals surface area contributed by atoms with Crippen LogP contribution in [-0.4, -0.2) is 37.6 Å². The molecule has 1 atom stereocenters. The Morgan fingerprint density at radius 3 is 3.00 bits per heavy atom. The van der Waals surface area contributed by atoms with E-state index >= 15 is 0 Å². The summed E-state index contributed by atoms with van der Waals surface area (Å²) in [7, 11) is 1.70. The second-order valence-electron chi connectivity index (χ2n) is 5.62. The number of nitrogens with one attached hydrogen (secondary N) is 2. The van der Waals surface area contributed by atoms with Gasteiger partial charge in [0, 0.05) is 26.7 Å². The van der Waals surface area contributed by atoms with Crippen LogP contribution < -0.4 is 15.5 Å². The predicted octanol–water partition coefficient (Wildman–Crippen LogP) is 1.87. The number of hydrogen-bond donors (Lipinski definition) is 2. The topological polar surface area (TPSA) is 57.3 Å². The lowest BCUT2D eigenvalue weighted by Gasteiger charge is -2.23. The molecule has 2 rings (SSSR count). The molecule has 2 N–H and O–H groups in total. The largest absolute Gasteiger partial charge is 0.370 e. The number of pyridine rings is 1. The highest BCUT2D eigenvalue weighted by molar-refractivity contribution is 5.83. The summed E-state index contributed by atoms with van der Waals surface area (Å²) in [5.41, 5.74) is -0.316. The van der Waals surface area contributed by atoms with Crippen LogP contribution >= 0.6 is 0 Å². The Labute approximate surface area is 120 Å². The van der Waals surface area contributed by atoms with Gasteiger partial charge in [-0.25, -0.2) is 4.98 Å². The van der Waals surface area contributed by atoms with Gasteiger partial charge in [0.2, 0.25) is 5.91 Å². The van der Waals surface area contributed by atoms with E-state index in [4.69, 9.17) is 0 Å². The Morgan fingerprint density at radius 1 is 1.50 bits per heavy atom. The highest BCUT2D eigenvalue weighted by atomic mass is 16.2. The van der Waals surface area contributed by atoms with Crippen molar-refractivity contribution in [2.24, 2.45) is 5.41 Å². The zero-order chi connectivity index (χ0) is 14.6. The first-order chi connectivity index (χ1) is 9.59. The monoisotopic (exact) mass is 276 g/mol. The fourth-order valence-corrected chi connectivity index (χ4v) is 2.59. The van der Waals surface area contributed by atoms with Crippen LogP contribution in [0.5, 0.6) is 0 Å². The number of carbonyl (C=O) groups excluding carboxylic acids is 1. The fraction of sp³-hybridized carbons (Fsp3) is 0.600. The van der Waals surface area contributed by atoms with Gasteiger partial charge in [-0.05, 0) is 31.9 Å². The minimum absolute atomic E-state index is 0.111. The van der Waals surface area contributed by atoms with Gasteiger partial charge in [0.15, 0.2) is 0 Å². The van der Waals surface area contributed by atoms with Gasteiger partial charge in [0.25, 0.3) is 0 Å². The van der Waals surface area contributed by atoms with E-state index in [1.54, 1.807) is 7.05 Å². The standard InChI is InChI=1S/C15H24N4O/c1-4-9-17-12-6-5-7-13(18-12)19-10-8-15(2,11-19)14(20)16-3/h5-7H,4,8-11H2,1-3H3,(H,16,20)(H,17,18). The Balaban J connectivity index is 2.08. The molecule has 5 nitrogen and oxygen atoms in total. The van der Waals surface area contributed by atoms with Crippen LogP contribution in [0.1, 0.15) is 26.7 Å². The summed E-state index contributed by atoms with van der Waals surface area (Å²) in [4.78, 5) is 18.8. The van der Waals surface area contributed by atoms with E-state index in [1.165, 1.54) is 0 Å². The van der Waals surface area contributed by atoms with E-state index in [9.17, 15) is 4.79 Å². The van der Waals surface area contributed by atoms with Crippen LogP contribution in [0, 0.1) is 5.41 Å². The van der Waals surface area contributed by atoms with E-state index < -0.39 is 0 Å². The molecule has 1 aliphatic rings. The molecule has 0 aliphatic carbocycles. The second-order valence-corrected chi connectivity index (χ2v) is 5.62. The maximum absolute atomic E-state index is 12.0. The molecule has 2 heterocycles. The van der Waals surface area contributed by atoms with Crippen molar-refractivity contribution >= 4 is 17.5 Å². The van der Waals surface area contributed by atoms with E-state index in [2.05, 4.69) is 27.4 Å². The van der Waals surface area contributed by atoms with Crippen molar-refractivity contribution in [3.8, 4) is 0 Å². The number of carbonyl (C=O) groups is 1. The number of rotatable bonds is 5. The molecule has 1 unspecified atom stereocenters.